The summed E-state index contributed by atoms with van der Waals surface area (Å²) in [6.07, 6.45) is 0.352. The molecule has 1 N–H and O–H groups in total. The molecule has 1 aliphatic carbocycles. The Morgan fingerprint density at radius 2 is 2.11 bits per heavy atom. The molecule has 0 atom stereocenters. The number of hydrogen-bond acceptors (Lipinski definition) is 3. The molecule has 9 heavy (non-hydrogen) atoms. The molecule has 0 heterocycles. The van der Waals surface area contributed by atoms with Gasteiger partial charge in [-0.2, -0.15) is 0 Å². The van der Waals surface area contributed by atoms with Crippen LogP contribution in [-0.2, 0) is 4.79 Å². The molecule has 5 heteroatoms. The number of aliphatic carboxylic acids is 1. The smallest absolute Gasteiger partial charge is 0.382 e. The summed E-state index contributed by atoms with van der Waals surface area (Å²) in [4.78, 5) is 19.3. The maximum Gasteiger partial charge on any atom is 0.382 e. The number of nitro groups is 1. The van der Waals surface area contributed by atoms with E-state index in [1.54, 1.807) is 0 Å². The number of hydrogen-bond donors (Lipinski definition) is 1. The zero-order valence-corrected chi connectivity index (χ0v) is 4.53. The monoisotopic (exact) mass is 131 g/mol. The molecule has 5 nitrogen and oxygen atoms in total. The van der Waals surface area contributed by atoms with Crippen molar-refractivity contribution in [2.45, 2.75) is 18.4 Å². The first-order valence-electron chi connectivity index (χ1n) is 2.47. The van der Waals surface area contributed by atoms with Crippen molar-refractivity contribution in [1.29, 1.82) is 0 Å². The topological polar surface area (TPSA) is 80.4 Å². The Bertz CT molecular complexity index is 155. The Morgan fingerprint density at radius 1 is 1.67 bits per heavy atom. The standard InChI is InChI=1S/C4H5NO4/c6-3(7)4(1-2-4)5(8)9/h1-2H2,(H,6,7). The summed E-state index contributed by atoms with van der Waals surface area (Å²) in [6, 6.07) is 0. The van der Waals surface area contributed by atoms with Gasteiger partial charge in [-0.15, -0.1) is 0 Å². The van der Waals surface area contributed by atoms with Crippen LogP contribution >= 0.6 is 0 Å². The zero-order chi connectivity index (χ0) is 7.07. The van der Waals surface area contributed by atoms with E-state index in [2.05, 4.69) is 0 Å². The van der Waals surface area contributed by atoms with Crippen molar-refractivity contribution in [2.75, 3.05) is 0 Å². The molecule has 1 rings (SSSR count). The molecule has 0 radical (unpaired) electrons. The van der Waals surface area contributed by atoms with Crippen LogP contribution in [0.4, 0.5) is 0 Å². The van der Waals surface area contributed by atoms with Crippen LogP contribution in [0.5, 0.6) is 0 Å². The van der Waals surface area contributed by atoms with E-state index >= 15 is 0 Å². The van der Waals surface area contributed by atoms with Gasteiger partial charge >= 0.3 is 11.5 Å². The summed E-state index contributed by atoms with van der Waals surface area (Å²) < 4.78 is 0. The minimum Gasteiger partial charge on any atom is -0.476 e. The SMILES string of the molecule is O=C(O)C1([N+](=O)[O-])CC1. The highest BCUT2D eigenvalue weighted by atomic mass is 16.6. The third-order valence-electron chi connectivity index (χ3n) is 1.47. The highest BCUT2D eigenvalue weighted by Gasteiger charge is 2.63. The molecule has 0 aromatic carbocycles. The van der Waals surface area contributed by atoms with Crippen molar-refractivity contribution >= 4 is 5.97 Å². The van der Waals surface area contributed by atoms with Gasteiger partial charge in [0, 0.05) is 17.8 Å². The number of nitrogens with zero attached hydrogens (tertiary/aromatic N) is 1. The van der Waals surface area contributed by atoms with Gasteiger partial charge in [-0.25, -0.2) is 4.79 Å². The Labute approximate surface area is 50.4 Å². The van der Waals surface area contributed by atoms with E-state index in [9.17, 15) is 14.9 Å². The minimum atomic E-state index is -1.61. The lowest BCUT2D eigenvalue weighted by molar-refractivity contribution is -0.525. The second kappa shape index (κ2) is 1.43. The first-order chi connectivity index (χ1) is 4.09. The molecule has 0 saturated heterocycles. The molecule has 0 unspecified atom stereocenters. The van der Waals surface area contributed by atoms with Crippen molar-refractivity contribution in [1.82, 2.24) is 0 Å². The van der Waals surface area contributed by atoms with Crippen molar-refractivity contribution in [3.05, 3.63) is 10.1 Å². The van der Waals surface area contributed by atoms with Crippen molar-refractivity contribution in [2.24, 2.45) is 0 Å². The highest BCUT2D eigenvalue weighted by Crippen LogP contribution is 2.38. The number of carboxylic acid groups (broad SMARTS) is 1. The second-order valence-corrected chi connectivity index (χ2v) is 2.09. The van der Waals surface area contributed by atoms with E-state index < -0.39 is 16.4 Å². The zero-order valence-electron chi connectivity index (χ0n) is 4.53. The molecule has 50 valence electrons. The maximum absolute atomic E-state index is 10.1. The van der Waals surface area contributed by atoms with Crippen molar-refractivity contribution < 1.29 is 14.8 Å². The molecule has 1 saturated carbocycles. The molecule has 0 aromatic rings. The normalized spacial score (nSPS) is 20.9. The van der Waals surface area contributed by atoms with E-state index in [1.807, 2.05) is 0 Å². The quantitative estimate of drug-likeness (QED) is 0.418. The van der Waals surface area contributed by atoms with Crippen LogP contribution in [0.2, 0.25) is 0 Å². The van der Waals surface area contributed by atoms with Gasteiger partial charge in [0.15, 0.2) is 0 Å². The average molecular weight is 131 g/mol. The maximum atomic E-state index is 10.1. The third kappa shape index (κ3) is 0.647. The van der Waals surface area contributed by atoms with Crippen molar-refractivity contribution in [3.63, 3.8) is 0 Å². The fourth-order valence-corrected chi connectivity index (χ4v) is 0.593. The summed E-state index contributed by atoms with van der Waals surface area (Å²) in [5.74, 6) is -1.31. The summed E-state index contributed by atoms with van der Waals surface area (Å²) in [5, 5.41) is 18.2. The third-order valence-corrected chi connectivity index (χ3v) is 1.47. The number of carbonyl (C=O) groups is 1. The van der Waals surface area contributed by atoms with Crippen LogP contribution in [0.15, 0.2) is 0 Å². The van der Waals surface area contributed by atoms with Gasteiger partial charge < -0.3 is 5.11 Å². The van der Waals surface area contributed by atoms with Gasteiger partial charge in [0.2, 0.25) is 0 Å². The van der Waals surface area contributed by atoms with Crippen LogP contribution in [0, 0.1) is 10.1 Å². The molecule has 0 bridgehead atoms. The summed E-state index contributed by atoms with van der Waals surface area (Å²) >= 11 is 0. The van der Waals surface area contributed by atoms with E-state index in [0.29, 0.717) is 0 Å². The molecular weight excluding hydrogens is 126 g/mol. The summed E-state index contributed by atoms with van der Waals surface area (Å²) in [7, 11) is 0. The molecule has 0 amide bonds. The lowest BCUT2D eigenvalue weighted by Gasteiger charge is -1.96. The molecule has 1 aliphatic rings. The average Bonchev–Trinajstić information content (AvgIpc) is 2.40. The van der Waals surface area contributed by atoms with E-state index in [-0.39, 0.29) is 12.8 Å². The van der Waals surface area contributed by atoms with Gasteiger partial charge in [0.05, 0.1) is 0 Å². The van der Waals surface area contributed by atoms with Gasteiger partial charge in [-0.1, -0.05) is 0 Å². The van der Waals surface area contributed by atoms with Crippen molar-refractivity contribution in [3.8, 4) is 0 Å². The summed E-state index contributed by atoms with van der Waals surface area (Å²) in [6.45, 7) is 0. The number of rotatable bonds is 2. The van der Waals surface area contributed by atoms with Gasteiger partial charge in [-0.05, 0) is 0 Å². The highest BCUT2D eigenvalue weighted by molar-refractivity contribution is 5.80. The predicted octanol–water partition coefficient (Wildman–Crippen LogP) is -0.120. The largest absolute Gasteiger partial charge is 0.476 e. The Balaban J connectivity index is 2.75. The Kier molecular flexibility index (Phi) is 0.952. The van der Waals surface area contributed by atoms with Gasteiger partial charge in [0.25, 0.3) is 0 Å². The number of carboxylic acids is 1. The van der Waals surface area contributed by atoms with Crippen LogP contribution in [0.3, 0.4) is 0 Å². The Hall–Kier alpha value is -1.13. The predicted molar refractivity (Wildman–Crippen MR) is 26.6 cm³/mol. The molecule has 0 aromatic heterocycles. The second-order valence-electron chi connectivity index (χ2n) is 2.09. The van der Waals surface area contributed by atoms with E-state index in [0.717, 1.165) is 0 Å². The molecule has 0 spiro atoms. The first kappa shape index (κ1) is 6.00. The molecule has 0 aliphatic heterocycles. The van der Waals surface area contributed by atoms with Crippen LogP contribution < -0.4 is 0 Å². The fraction of sp³-hybridized carbons (Fsp3) is 0.750. The minimum absolute atomic E-state index is 0.176. The lowest BCUT2D eigenvalue weighted by Crippen LogP contribution is -2.31. The van der Waals surface area contributed by atoms with Crippen LogP contribution in [0.25, 0.3) is 0 Å². The van der Waals surface area contributed by atoms with Crippen LogP contribution in [-0.4, -0.2) is 21.5 Å². The molecule has 1 fully saturated rings. The van der Waals surface area contributed by atoms with Crippen LogP contribution in [0.1, 0.15) is 12.8 Å². The summed E-state index contributed by atoms with van der Waals surface area (Å²) in [5.41, 5.74) is -1.61. The fourth-order valence-electron chi connectivity index (χ4n) is 0.593. The molecular formula is C4H5NO4. The van der Waals surface area contributed by atoms with E-state index in [1.165, 1.54) is 0 Å². The lowest BCUT2D eigenvalue weighted by atomic mass is 10.3. The first-order valence-corrected chi connectivity index (χ1v) is 2.47. The van der Waals surface area contributed by atoms with Gasteiger partial charge in [-0.3, -0.25) is 10.1 Å². The Morgan fingerprint density at radius 3 is 2.11 bits per heavy atom. The van der Waals surface area contributed by atoms with E-state index in [4.69, 9.17) is 5.11 Å². The van der Waals surface area contributed by atoms with Gasteiger partial charge in [0.1, 0.15) is 0 Å².